The summed E-state index contributed by atoms with van der Waals surface area (Å²) in [6.45, 7) is 3.77. The van der Waals surface area contributed by atoms with Gasteiger partial charge in [0.05, 0.1) is 0 Å². The molecule has 0 radical (unpaired) electrons. The third kappa shape index (κ3) is 14.6. The van der Waals surface area contributed by atoms with Gasteiger partial charge in [-0.1, -0.05) is 39.1 Å². The minimum absolute atomic E-state index is 0. The summed E-state index contributed by atoms with van der Waals surface area (Å²) in [5, 5.41) is 21.0. The van der Waals surface area contributed by atoms with Crippen LogP contribution in [0.25, 0.3) is 0 Å². The zero-order chi connectivity index (χ0) is 11.7. The molecule has 0 aromatic heterocycles. The van der Waals surface area contributed by atoms with E-state index in [0.29, 0.717) is 12.8 Å². The maximum absolute atomic E-state index is 10.5. The molecule has 0 aliphatic rings. The average Bonchev–Trinajstić information content (AvgIpc) is 2.15. The Morgan fingerprint density at radius 1 is 0.800 bits per heavy atom. The van der Waals surface area contributed by atoms with Crippen molar-refractivity contribution in [3.63, 3.8) is 0 Å². The van der Waals surface area contributed by atoms with E-state index in [4.69, 9.17) is 0 Å². The third-order valence-corrected chi connectivity index (χ3v) is 1.85. The van der Waals surface area contributed by atoms with E-state index in [-0.39, 0.29) is 23.1 Å². The van der Waals surface area contributed by atoms with Gasteiger partial charge in [-0.3, -0.25) is 0 Å². The topological polar surface area (TPSA) is 52.6 Å². The van der Waals surface area contributed by atoms with Gasteiger partial charge in [-0.05, 0) is 28.2 Å². The van der Waals surface area contributed by atoms with Crippen LogP contribution in [0.4, 0.5) is 0 Å². The molecule has 0 amide bonds. The molecule has 0 bridgehead atoms. The summed E-state index contributed by atoms with van der Waals surface area (Å²) >= 11 is 0. The Kier molecular flexibility index (Phi) is 17.7. The van der Waals surface area contributed by atoms with Crippen molar-refractivity contribution in [2.24, 2.45) is 0 Å². The SMILES string of the molecule is CCC([O-])N(C)C.CCC([O-])N(C)C.[Mg+2]. The van der Waals surface area contributed by atoms with Crippen molar-refractivity contribution >= 4 is 23.1 Å². The first kappa shape index (κ1) is 21.0. The molecule has 0 spiro atoms. The number of hydrogen-bond acceptors (Lipinski definition) is 4. The fourth-order valence-corrected chi connectivity index (χ4v) is 0.730. The smallest absolute Gasteiger partial charge is 0.841 e. The third-order valence-electron chi connectivity index (χ3n) is 1.85. The molecular weight excluding hydrogens is 204 g/mol. The van der Waals surface area contributed by atoms with Gasteiger partial charge >= 0.3 is 23.1 Å². The van der Waals surface area contributed by atoms with Crippen molar-refractivity contribution < 1.29 is 10.2 Å². The van der Waals surface area contributed by atoms with Crippen LogP contribution in [0.15, 0.2) is 0 Å². The Morgan fingerprint density at radius 2 is 1.00 bits per heavy atom. The van der Waals surface area contributed by atoms with Gasteiger partial charge in [-0.2, -0.15) is 0 Å². The van der Waals surface area contributed by atoms with Crippen LogP contribution >= 0.6 is 0 Å². The first-order valence-electron chi connectivity index (χ1n) is 5.01. The summed E-state index contributed by atoms with van der Waals surface area (Å²) in [4.78, 5) is 3.33. The molecule has 2 atom stereocenters. The molecule has 0 rings (SSSR count). The minimum atomic E-state index is -0.514. The molecule has 2 unspecified atom stereocenters. The van der Waals surface area contributed by atoms with Crippen molar-refractivity contribution in [1.82, 2.24) is 9.80 Å². The Morgan fingerprint density at radius 3 is 1.00 bits per heavy atom. The second kappa shape index (κ2) is 12.7. The van der Waals surface area contributed by atoms with E-state index in [1.165, 1.54) is 0 Å². The summed E-state index contributed by atoms with van der Waals surface area (Å²) in [5.41, 5.74) is 0. The van der Waals surface area contributed by atoms with E-state index in [1.807, 2.05) is 13.8 Å². The van der Waals surface area contributed by atoms with E-state index in [2.05, 4.69) is 0 Å². The zero-order valence-electron chi connectivity index (χ0n) is 11.0. The maximum atomic E-state index is 10.5. The first-order chi connectivity index (χ1) is 6.36. The Labute approximate surface area is 110 Å². The molecular formula is C10H24MgN2O2. The van der Waals surface area contributed by atoms with Gasteiger partial charge in [0.1, 0.15) is 0 Å². The molecule has 0 N–H and O–H groups in total. The van der Waals surface area contributed by atoms with E-state index < -0.39 is 12.5 Å². The first-order valence-corrected chi connectivity index (χ1v) is 5.01. The Bertz CT molecular complexity index is 110. The molecule has 0 fully saturated rings. The largest absolute Gasteiger partial charge is 2.00 e. The predicted molar refractivity (Wildman–Crippen MR) is 61.3 cm³/mol. The van der Waals surface area contributed by atoms with Crippen molar-refractivity contribution in [2.75, 3.05) is 28.2 Å². The average molecular weight is 229 g/mol. The van der Waals surface area contributed by atoms with E-state index in [9.17, 15) is 10.2 Å². The van der Waals surface area contributed by atoms with Crippen LogP contribution in [0.1, 0.15) is 26.7 Å². The number of nitrogens with zero attached hydrogens (tertiary/aromatic N) is 2. The summed E-state index contributed by atoms with van der Waals surface area (Å²) in [5.74, 6) is 0. The van der Waals surface area contributed by atoms with Crippen LogP contribution in [0.2, 0.25) is 0 Å². The van der Waals surface area contributed by atoms with Gasteiger partial charge in [-0.15, -0.1) is 0 Å². The number of rotatable bonds is 4. The quantitative estimate of drug-likeness (QED) is 0.453. The Balaban J connectivity index is -0.000000180. The van der Waals surface area contributed by atoms with Crippen molar-refractivity contribution in [2.45, 2.75) is 39.1 Å². The summed E-state index contributed by atoms with van der Waals surface area (Å²) in [7, 11) is 7.17. The molecule has 4 nitrogen and oxygen atoms in total. The van der Waals surface area contributed by atoms with Crippen LogP contribution in [-0.2, 0) is 0 Å². The summed E-state index contributed by atoms with van der Waals surface area (Å²) in [6.07, 6.45) is 0.347. The molecule has 0 aromatic carbocycles. The van der Waals surface area contributed by atoms with E-state index in [1.54, 1.807) is 38.0 Å². The van der Waals surface area contributed by atoms with Gasteiger partial charge < -0.3 is 20.0 Å². The van der Waals surface area contributed by atoms with E-state index >= 15 is 0 Å². The standard InChI is InChI=1S/2C5H12NO.Mg/c2*1-4-5(7)6(2)3;/h2*5H,4H2,1-3H3;/q2*-1;+2. The van der Waals surface area contributed by atoms with Crippen LogP contribution in [0, 0.1) is 0 Å². The molecule has 88 valence electrons. The van der Waals surface area contributed by atoms with Crippen LogP contribution < -0.4 is 10.2 Å². The minimum Gasteiger partial charge on any atom is -0.841 e. The molecule has 0 aliphatic carbocycles. The van der Waals surface area contributed by atoms with Crippen LogP contribution in [0.3, 0.4) is 0 Å². The van der Waals surface area contributed by atoms with Gasteiger partial charge in [0, 0.05) is 0 Å². The van der Waals surface area contributed by atoms with Crippen molar-refractivity contribution in [1.29, 1.82) is 0 Å². The fraction of sp³-hybridized carbons (Fsp3) is 1.00. The van der Waals surface area contributed by atoms with Crippen molar-refractivity contribution in [3.8, 4) is 0 Å². The predicted octanol–water partition coefficient (Wildman–Crippen LogP) is -1.09. The van der Waals surface area contributed by atoms with Crippen molar-refractivity contribution in [3.05, 3.63) is 0 Å². The Hall–Kier alpha value is 0.606. The molecule has 0 saturated heterocycles. The molecule has 0 aromatic rings. The maximum Gasteiger partial charge on any atom is 2.00 e. The molecule has 0 saturated carbocycles. The fourth-order valence-electron chi connectivity index (χ4n) is 0.730. The van der Waals surface area contributed by atoms with Gasteiger partial charge in [0.2, 0.25) is 0 Å². The zero-order valence-corrected chi connectivity index (χ0v) is 12.4. The van der Waals surface area contributed by atoms with Crippen LogP contribution in [-0.4, -0.2) is 73.5 Å². The van der Waals surface area contributed by atoms with Gasteiger partial charge in [-0.25, -0.2) is 0 Å². The van der Waals surface area contributed by atoms with E-state index in [0.717, 1.165) is 0 Å². The summed E-state index contributed by atoms with van der Waals surface area (Å²) in [6, 6.07) is 0. The second-order valence-corrected chi connectivity index (χ2v) is 3.65. The van der Waals surface area contributed by atoms with Gasteiger partial charge in [0.15, 0.2) is 0 Å². The summed E-state index contributed by atoms with van der Waals surface area (Å²) < 4.78 is 0. The molecule has 0 heterocycles. The number of hydrogen-bond donors (Lipinski definition) is 0. The second-order valence-electron chi connectivity index (χ2n) is 3.65. The van der Waals surface area contributed by atoms with Gasteiger partial charge in [0.25, 0.3) is 0 Å². The molecule has 0 aliphatic heterocycles. The molecule has 5 heteroatoms. The molecule has 15 heavy (non-hydrogen) atoms. The normalized spacial score (nSPS) is 14.0. The van der Waals surface area contributed by atoms with Crippen LogP contribution in [0.5, 0.6) is 0 Å². The monoisotopic (exact) mass is 228 g/mol.